The molecule has 8 N–H and O–H groups in total. The summed E-state index contributed by atoms with van der Waals surface area (Å²) in [6.45, 7) is 0. The molecule has 0 radical (unpaired) electrons. The molecule has 2 heterocycles. The Morgan fingerprint density at radius 2 is 1.22 bits per heavy atom. The van der Waals surface area contributed by atoms with Gasteiger partial charge in [-0.1, -0.05) is 48.5 Å². The lowest BCUT2D eigenvalue weighted by Gasteiger charge is -2.23. The van der Waals surface area contributed by atoms with Gasteiger partial charge in [0, 0.05) is 47.0 Å². The van der Waals surface area contributed by atoms with Crippen LogP contribution < -0.4 is 16.4 Å². The lowest BCUT2D eigenvalue weighted by Crippen LogP contribution is -2.55. The molecule has 10 heteroatoms. The van der Waals surface area contributed by atoms with Crippen LogP contribution >= 0.6 is 0 Å². The van der Waals surface area contributed by atoms with Crippen LogP contribution in [0.15, 0.2) is 85.2 Å². The predicted molar refractivity (Wildman–Crippen MR) is 155 cm³/mol. The highest BCUT2D eigenvalue weighted by molar-refractivity contribution is 5.93. The van der Waals surface area contributed by atoms with E-state index in [4.69, 9.17) is 5.73 Å². The van der Waals surface area contributed by atoms with Crippen molar-refractivity contribution in [2.24, 2.45) is 5.73 Å². The zero-order valence-electron chi connectivity index (χ0n) is 22.1. The van der Waals surface area contributed by atoms with Crippen molar-refractivity contribution in [3.63, 3.8) is 0 Å². The molecule has 0 aliphatic heterocycles. The van der Waals surface area contributed by atoms with Gasteiger partial charge < -0.3 is 36.5 Å². The van der Waals surface area contributed by atoms with E-state index in [9.17, 15) is 24.6 Å². The van der Waals surface area contributed by atoms with Crippen LogP contribution in [-0.2, 0) is 33.6 Å². The number of amides is 2. The molecule has 5 rings (SSSR count). The Morgan fingerprint density at radius 1 is 0.707 bits per heavy atom. The second-order valence-corrected chi connectivity index (χ2v) is 10.1. The first-order valence-corrected chi connectivity index (χ1v) is 13.3. The lowest BCUT2D eigenvalue weighted by atomic mass is 10.0. The summed E-state index contributed by atoms with van der Waals surface area (Å²) < 4.78 is 0. The van der Waals surface area contributed by atoms with E-state index < -0.39 is 35.9 Å². The Bertz CT molecular complexity index is 1690. The van der Waals surface area contributed by atoms with E-state index in [1.165, 1.54) is 12.1 Å². The second-order valence-electron chi connectivity index (χ2n) is 10.1. The molecule has 0 aliphatic rings. The number of hydrogen-bond acceptors (Lipinski definition) is 5. The number of carbonyl (C=O) groups is 3. The van der Waals surface area contributed by atoms with E-state index in [2.05, 4.69) is 20.6 Å². The van der Waals surface area contributed by atoms with Crippen molar-refractivity contribution in [1.82, 2.24) is 20.6 Å². The molecule has 0 aliphatic carbocycles. The third-order valence-electron chi connectivity index (χ3n) is 7.17. The van der Waals surface area contributed by atoms with Gasteiger partial charge in [-0.05, 0) is 47.4 Å². The van der Waals surface area contributed by atoms with Crippen molar-refractivity contribution < 1.29 is 24.6 Å². The molecule has 210 valence electrons. The summed E-state index contributed by atoms with van der Waals surface area (Å²) in [4.78, 5) is 45.2. The highest BCUT2D eigenvalue weighted by Gasteiger charge is 2.29. The first kappa shape index (κ1) is 27.5. The van der Waals surface area contributed by atoms with Crippen LogP contribution in [0.5, 0.6) is 5.75 Å². The van der Waals surface area contributed by atoms with Crippen molar-refractivity contribution >= 4 is 39.6 Å². The van der Waals surface area contributed by atoms with Crippen LogP contribution in [0.2, 0.25) is 0 Å². The van der Waals surface area contributed by atoms with E-state index >= 15 is 0 Å². The maximum Gasteiger partial charge on any atom is 0.326 e. The Balaban J connectivity index is 1.36. The van der Waals surface area contributed by atoms with Gasteiger partial charge in [-0.2, -0.15) is 0 Å². The summed E-state index contributed by atoms with van der Waals surface area (Å²) in [6, 6.07) is 18.2. The van der Waals surface area contributed by atoms with Gasteiger partial charge in [0.15, 0.2) is 0 Å². The van der Waals surface area contributed by atoms with Crippen molar-refractivity contribution in [2.45, 2.75) is 37.4 Å². The number of aromatic hydroxyl groups is 1. The molecule has 0 saturated carbocycles. The Labute approximate surface area is 235 Å². The molecule has 2 amide bonds. The smallest absolute Gasteiger partial charge is 0.326 e. The van der Waals surface area contributed by atoms with E-state index in [-0.39, 0.29) is 25.0 Å². The summed E-state index contributed by atoms with van der Waals surface area (Å²) in [5.74, 6) is -2.28. The third kappa shape index (κ3) is 6.39. The molecule has 0 bridgehead atoms. The minimum atomic E-state index is -1.23. The Morgan fingerprint density at radius 3 is 1.78 bits per heavy atom. The third-order valence-corrected chi connectivity index (χ3v) is 7.17. The molecule has 41 heavy (non-hydrogen) atoms. The molecule has 10 nitrogen and oxygen atoms in total. The summed E-state index contributed by atoms with van der Waals surface area (Å²) >= 11 is 0. The van der Waals surface area contributed by atoms with E-state index in [0.717, 1.165) is 38.5 Å². The number of nitrogens with one attached hydrogen (secondary N) is 4. The van der Waals surface area contributed by atoms with Gasteiger partial charge in [-0.25, -0.2) is 4.79 Å². The molecular weight excluding hydrogens is 522 g/mol. The van der Waals surface area contributed by atoms with E-state index in [1.54, 1.807) is 24.5 Å². The van der Waals surface area contributed by atoms with Crippen LogP contribution in [0.1, 0.15) is 16.7 Å². The number of phenols is 1. The number of benzene rings is 3. The van der Waals surface area contributed by atoms with Gasteiger partial charge in [0.2, 0.25) is 11.8 Å². The van der Waals surface area contributed by atoms with Gasteiger partial charge >= 0.3 is 5.97 Å². The number of aromatic nitrogens is 2. The standard InChI is InChI=1S/C31H31N5O5/c32-24(13-18-9-11-21(37)12-10-18)29(38)35-27(14-19-16-33-25-7-3-1-5-22(19)25)30(39)36-28(31(40)41)15-20-17-34-26-8-4-2-6-23(20)26/h1-12,16-17,24,27-28,33-34,37H,13-15,32H2,(H,35,38)(H,36,39)(H,40,41). The number of carbonyl (C=O) groups excluding carboxylic acids is 2. The van der Waals surface area contributed by atoms with Crippen LogP contribution in [0.4, 0.5) is 0 Å². The zero-order valence-corrected chi connectivity index (χ0v) is 22.1. The van der Waals surface area contributed by atoms with Crippen molar-refractivity contribution in [2.75, 3.05) is 0 Å². The monoisotopic (exact) mass is 553 g/mol. The molecule has 2 aromatic heterocycles. The highest BCUT2D eigenvalue weighted by Crippen LogP contribution is 2.21. The number of phenolic OH excluding ortho intramolecular Hbond substituents is 1. The topological polar surface area (TPSA) is 173 Å². The molecule has 5 aromatic rings. The Kier molecular flexibility index (Phi) is 8.02. The van der Waals surface area contributed by atoms with Crippen LogP contribution in [-0.4, -0.2) is 56.1 Å². The normalized spacial score (nSPS) is 13.5. The van der Waals surface area contributed by atoms with Gasteiger partial charge in [0.1, 0.15) is 17.8 Å². The molecule has 0 saturated heterocycles. The molecule has 3 aromatic carbocycles. The van der Waals surface area contributed by atoms with Crippen LogP contribution in [0.25, 0.3) is 21.8 Å². The number of aliphatic carboxylic acids is 1. The Hall–Kier alpha value is -5.09. The van der Waals surface area contributed by atoms with Crippen molar-refractivity contribution in [3.05, 3.63) is 102 Å². The minimum absolute atomic E-state index is 0.0548. The maximum absolute atomic E-state index is 13.6. The summed E-state index contributed by atoms with van der Waals surface area (Å²) in [5, 5.41) is 26.6. The molecule has 0 spiro atoms. The first-order valence-electron chi connectivity index (χ1n) is 13.3. The minimum Gasteiger partial charge on any atom is -0.508 e. The average molecular weight is 554 g/mol. The van der Waals surface area contributed by atoms with Crippen LogP contribution in [0.3, 0.4) is 0 Å². The molecule has 3 atom stereocenters. The SMILES string of the molecule is NC(Cc1ccc(O)cc1)C(=O)NC(Cc1c[nH]c2ccccc12)C(=O)NC(Cc1c[nH]c2ccccc12)C(=O)O. The quantitative estimate of drug-likeness (QED) is 0.132. The van der Waals surface area contributed by atoms with Crippen molar-refractivity contribution in [3.8, 4) is 5.75 Å². The second kappa shape index (κ2) is 12.0. The van der Waals surface area contributed by atoms with Gasteiger partial charge in [0.05, 0.1) is 6.04 Å². The van der Waals surface area contributed by atoms with Crippen molar-refractivity contribution in [1.29, 1.82) is 0 Å². The molecule has 0 fully saturated rings. The fraction of sp³-hybridized carbons (Fsp3) is 0.194. The molecular formula is C31H31N5O5. The first-order chi connectivity index (χ1) is 19.8. The average Bonchev–Trinajstić information content (AvgIpc) is 3.57. The van der Waals surface area contributed by atoms with E-state index in [0.29, 0.717) is 0 Å². The molecule has 3 unspecified atom stereocenters. The van der Waals surface area contributed by atoms with Gasteiger partial charge in [-0.15, -0.1) is 0 Å². The number of nitrogens with two attached hydrogens (primary N) is 1. The number of fused-ring (bicyclic) bond motifs is 2. The number of carboxylic acid groups (broad SMARTS) is 1. The summed E-state index contributed by atoms with van der Waals surface area (Å²) in [6.07, 6.45) is 3.87. The van der Waals surface area contributed by atoms with Gasteiger partial charge in [-0.3, -0.25) is 9.59 Å². The fourth-order valence-corrected chi connectivity index (χ4v) is 4.98. The number of hydrogen-bond donors (Lipinski definition) is 7. The summed E-state index contributed by atoms with van der Waals surface area (Å²) in [7, 11) is 0. The maximum atomic E-state index is 13.6. The van der Waals surface area contributed by atoms with E-state index in [1.807, 2.05) is 48.5 Å². The number of carboxylic acids is 1. The largest absolute Gasteiger partial charge is 0.508 e. The number of rotatable bonds is 11. The van der Waals surface area contributed by atoms with Gasteiger partial charge in [0.25, 0.3) is 0 Å². The van der Waals surface area contributed by atoms with Crippen LogP contribution in [0, 0.1) is 0 Å². The highest BCUT2D eigenvalue weighted by atomic mass is 16.4. The number of H-pyrrole nitrogens is 2. The lowest BCUT2D eigenvalue weighted by molar-refractivity contribution is -0.142. The number of aromatic amines is 2. The fourth-order valence-electron chi connectivity index (χ4n) is 4.98. The predicted octanol–water partition coefficient (Wildman–Crippen LogP) is 2.76. The summed E-state index contributed by atoms with van der Waals surface area (Å²) in [5.41, 5.74) is 10.2. The number of para-hydroxylation sites is 2. The zero-order chi connectivity index (χ0) is 28.9.